The van der Waals surface area contributed by atoms with Crippen molar-refractivity contribution >= 4 is 0 Å². The molecule has 1 aliphatic heterocycles. The summed E-state index contributed by atoms with van der Waals surface area (Å²) in [5.74, 6) is 2.47. The van der Waals surface area contributed by atoms with Crippen LogP contribution in [-0.4, -0.2) is 21.3 Å². The van der Waals surface area contributed by atoms with Gasteiger partial charge in [-0.25, -0.2) is 4.98 Å². The lowest BCUT2D eigenvalue weighted by atomic mass is 10.1. The molecule has 1 saturated heterocycles. The fourth-order valence-electron chi connectivity index (χ4n) is 2.21. The van der Waals surface area contributed by atoms with E-state index in [9.17, 15) is 0 Å². The molecule has 4 heteroatoms. The number of nitrogens with zero attached hydrogens (tertiary/aromatic N) is 3. The van der Waals surface area contributed by atoms with Crippen LogP contribution in [0, 0.1) is 0 Å². The number of nitrogens with one attached hydrogen (secondary N) is 1. The first kappa shape index (κ1) is 11.6. The Bertz CT molecular complexity index is 335. The largest absolute Gasteiger partial charge is 0.307 e. The first-order chi connectivity index (χ1) is 7.68. The molecule has 0 aliphatic carbocycles. The molecule has 4 nitrogen and oxygen atoms in total. The van der Waals surface area contributed by atoms with Gasteiger partial charge in [-0.2, -0.15) is 5.10 Å². The van der Waals surface area contributed by atoms with E-state index in [1.54, 1.807) is 0 Å². The van der Waals surface area contributed by atoms with Crippen molar-refractivity contribution in [2.24, 2.45) is 7.05 Å². The Kier molecular flexibility index (Phi) is 3.59. The van der Waals surface area contributed by atoms with Gasteiger partial charge in [-0.05, 0) is 19.4 Å². The van der Waals surface area contributed by atoms with Crippen molar-refractivity contribution < 1.29 is 0 Å². The summed E-state index contributed by atoms with van der Waals surface area (Å²) in [5, 5.41) is 8.05. The molecule has 1 aromatic rings. The van der Waals surface area contributed by atoms with E-state index >= 15 is 0 Å². The molecule has 1 aliphatic rings. The average molecular weight is 222 g/mol. The summed E-state index contributed by atoms with van der Waals surface area (Å²) in [7, 11) is 2.00. The smallest absolute Gasteiger partial charge is 0.153 e. The van der Waals surface area contributed by atoms with Gasteiger partial charge in [-0.3, -0.25) is 4.68 Å². The minimum Gasteiger partial charge on any atom is -0.307 e. The molecule has 90 valence electrons. The summed E-state index contributed by atoms with van der Waals surface area (Å²) in [6.07, 6.45) is 5.09. The molecule has 1 aromatic heterocycles. The highest BCUT2D eigenvalue weighted by molar-refractivity contribution is 5.02. The normalized spacial score (nSPS) is 22.4. The number of aromatic nitrogens is 3. The van der Waals surface area contributed by atoms with Gasteiger partial charge in [-0.1, -0.05) is 26.7 Å². The molecule has 2 heterocycles. The molecule has 0 spiro atoms. The van der Waals surface area contributed by atoms with Crippen molar-refractivity contribution in [2.75, 3.05) is 6.54 Å². The third-order valence-electron chi connectivity index (χ3n) is 3.20. The number of hydrogen-bond acceptors (Lipinski definition) is 3. The van der Waals surface area contributed by atoms with Crippen LogP contribution in [0.1, 0.15) is 63.1 Å². The fourth-order valence-corrected chi connectivity index (χ4v) is 2.21. The third kappa shape index (κ3) is 2.43. The topological polar surface area (TPSA) is 42.7 Å². The van der Waals surface area contributed by atoms with Gasteiger partial charge >= 0.3 is 0 Å². The van der Waals surface area contributed by atoms with Crippen molar-refractivity contribution in [3.63, 3.8) is 0 Å². The Labute approximate surface area is 97.5 Å². The molecule has 1 N–H and O–H groups in total. The first-order valence-electron chi connectivity index (χ1n) is 6.32. The maximum absolute atomic E-state index is 4.66. The lowest BCUT2D eigenvalue weighted by molar-refractivity contribution is 0.483. The van der Waals surface area contributed by atoms with Crippen molar-refractivity contribution in [1.82, 2.24) is 20.1 Å². The van der Waals surface area contributed by atoms with Gasteiger partial charge in [0.1, 0.15) is 5.82 Å². The zero-order valence-electron chi connectivity index (χ0n) is 10.5. The fraction of sp³-hybridized carbons (Fsp3) is 0.833. The van der Waals surface area contributed by atoms with Crippen LogP contribution in [0.5, 0.6) is 0 Å². The second-order valence-electron chi connectivity index (χ2n) is 4.96. The van der Waals surface area contributed by atoms with Crippen molar-refractivity contribution in [3.05, 3.63) is 11.6 Å². The molecule has 0 radical (unpaired) electrons. The van der Waals surface area contributed by atoms with Gasteiger partial charge in [-0.15, -0.1) is 0 Å². The van der Waals surface area contributed by atoms with Crippen LogP contribution in [0.25, 0.3) is 0 Å². The van der Waals surface area contributed by atoms with Gasteiger partial charge in [0.25, 0.3) is 0 Å². The van der Waals surface area contributed by atoms with Crippen LogP contribution in [0.15, 0.2) is 0 Å². The molecule has 2 rings (SSSR count). The van der Waals surface area contributed by atoms with Gasteiger partial charge < -0.3 is 5.32 Å². The zero-order valence-corrected chi connectivity index (χ0v) is 10.5. The van der Waals surface area contributed by atoms with Crippen LogP contribution < -0.4 is 5.32 Å². The predicted molar refractivity (Wildman–Crippen MR) is 64.3 cm³/mol. The van der Waals surface area contributed by atoms with Crippen molar-refractivity contribution in [1.29, 1.82) is 0 Å². The SMILES string of the molecule is CC(C)c1nc(C2CCCCCN2)n(C)n1. The minimum atomic E-state index is 0.396. The van der Waals surface area contributed by atoms with Crippen molar-refractivity contribution in [2.45, 2.75) is 51.5 Å². The highest BCUT2D eigenvalue weighted by Crippen LogP contribution is 2.22. The number of hydrogen-bond donors (Lipinski definition) is 1. The Balaban J connectivity index is 2.17. The Morgan fingerprint density at radius 1 is 1.31 bits per heavy atom. The first-order valence-corrected chi connectivity index (χ1v) is 6.32. The monoisotopic (exact) mass is 222 g/mol. The maximum atomic E-state index is 4.66. The van der Waals surface area contributed by atoms with Gasteiger partial charge in [0.05, 0.1) is 6.04 Å². The highest BCUT2D eigenvalue weighted by Gasteiger charge is 2.20. The summed E-state index contributed by atoms with van der Waals surface area (Å²) in [4.78, 5) is 4.66. The van der Waals surface area contributed by atoms with E-state index in [2.05, 4.69) is 29.2 Å². The summed E-state index contributed by atoms with van der Waals surface area (Å²) in [6, 6.07) is 0.396. The molecular weight excluding hydrogens is 200 g/mol. The maximum Gasteiger partial charge on any atom is 0.153 e. The zero-order chi connectivity index (χ0) is 11.5. The van der Waals surface area contributed by atoms with Crippen LogP contribution >= 0.6 is 0 Å². The highest BCUT2D eigenvalue weighted by atomic mass is 15.3. The third-order valence-corrected chi connectivity index (χ3v) is 3.20. The Morgan fingerprint density at radius 3 is 2.81 bits per heavy atom. The van der Waals surface area contributed by atoms with Crippen LogP contribution in [0.3, 0.4) is 0 Å². The molecule has 1 unspecified atom stereocenters. The summed E-state index contributed by atoms with van der Waals surface area (Å²) >= 11 is 0. The van der Waals surface area contributed by atoms with Crippen LogP contribution in [0.4, 0.5) is 0 Å². The lowest BCUT2D eigenvalue weighted by Crippen LogP contribution is -2.23. The summed E-state index contributed by atoms with van der Waals surface area (Å²) in [6.45, 7) is 5.38. The lowest BCUT2D eigenvalue weighted by Gasteiger charge is -2.13. The van der Waals surface area contributed by atoms with E-state index in [0.29, 0.717) is 12.0 Å². The van der Waals surface area contributed by atoms with E-state index in [0.717, 1.165) is 18.2 Å². The molecular formula is C12H22N4. The van der Waals surface area contributed by atoms with E-state index in [1.165, 1.54) is 25.7 Å². The van der Waals surface area contributed by atoms with E-state index in [1.807, 2.05) is 11.7 Å². The molecule has 0 saturated carbocycles. The Morgan fingerprint density at radius 2 is 2.12 bits per heavy atom. The van der Waals surface area contributed by atoms with Crippen LogP contribution in [0.2, 0.25) is 0 Å². The Hall–Kier alpha value is -0.900. The molecule has 1 fully saturated rings. The van der Waals surface area contributed by atoms with Gasteiger partial charge in [0, 0.05) is 13.0 Å². The predicted octanol–water partition coefficient (Wildman–Crippen LogP) is 2.14. The standard InChI is InChI=1S/C12H22N4/c1-9(2)11-14-12(16(3)15-11)10-7-5-4-6-8-13-10/h9-10,13H,4-8H2,1-3H3. The molecule has 16 heavy (non-hydrogen) atoms. The molecule has 0 amide bonds. The summed E-state index contributed by atoms with van der Waals surface area (Å²) < 4.78 is 1.94. The second-order valence-corrected chi connectivity index (χ2v) is 4.96. The second kappa shape index (κ2) is 4.95. The van der Waals surface area contributed by atoms with Crippen LogP contribution in [-0.2, 0) is 7.05 Å². The molecule has 0 bridgehead atoms. The molecule has 0 aromatic carbocycles. The number of rotatable bonds is 2. The van der Waals surface area contributed by atoms with E-state index in [4.69, 9.17) is 0 Å². The quantitative estimate of drug-likeness (QED) is 0.833. The molecule has 1 atom stereocenters. The van der Waals surface area contributed by atoms with E-state index in [-0.39, 0.29) is 0 Å². The minimum absolute atomic E-state index is 0.396. The van der Waals surface area contributed by atoms with Gasteiger partial charge in [0.2, 0.25) is 0 Å². The average Bonchev–Trinajstić information content (AvgIpc) is 2.50. The summed E-state index contributed by atoms with van der Waals surface area (Å²) in [5.41, 5.74) is 0. The van der Waals surface area contributed by atoms with Gasteiger partial charge in [0.15, 0.2) is 5.82 Å². The van der Waals surface area contributed by atoms with Crippen molar-refractivity contribution in [3.8, 4) is 0 Å². The number of aryl methyl sites for hydroxylation is 1. The van der Waals surface area contributed by atoms with E-state index < -0.39 is 0 Å².